The van der Waals surface area contributed by atoms with Crippen LogP contribution < -0.4 is 10.5 Å². The van der Waals surface area contributed by atoms with Gasteiger partial charge in [-0.1, -0.05) is 23.7 Å². The third-order valence-corrected chi connectivity index (χ3v) is 3.23. The van der Waals surface area contributed by atoms with Crippen molar-refractivity contribution in [2.24, 2.45) is 0 Å². The molecule has 20 heavy (non-hydrogen) atoms. The molecule has 0 aliphatic rings. The number of aromatic nitrogens is 4. The molecule has 0 fully saturated rings. The molecule has 2 aromatic heterocycles. The highest BCUT2D eigenvalue weighted by Crippen LogP contribution is 2.23. The van der Waals surface area contributed by atoms with Crippen LogP contribution >= 0.6 is 11.6 Å². The van der Waals surface area contributed by atoms with Gasteiger partial charge in [-0.05, 0) is 17.7 Å². The monoisotopic (exact) mass is 289 g/mol. The molecule has 2 N–H and O–H groups in total. The minimum absolute atomic E-state index is 0.369. The van der Waals surface area contributed by atoms with Gasteiger partial charge in [0.2, 0.25) is 11.8 Å². The van der Waals surface area contributed by atoms with Crippen molar-refractivity contribution in [2.45, 2.75) is 6.54 Å². The maximum atomic E-state index is 5.96. The number of imidazole rings is 1. The van der Waals surface area contributed by atoms with Gasteiger partial charge in [0.25, 0.3) is 0 Å². The molecule has 7 heteroatoms. The van der Waals surface area contributed by atoms with E-state index in [1.807, 2.05) is 28.8 Å². The third kappa shape index (κ3) is 2.14. The van der Waals surface area contributed by atoms with Crippen molar-refractivity contribution < 1.29 is 4.74 Å². The number of halogens is 1. The summed E-state index contributed by atoms with van der Waals surface area (Å²) in [5.41, 5.74) is 8.21. The number of rotatable bonds is 3. The second kappa shape index (κ2) is 4.97. The van der Waals surface area contributed by atoms with Crippen LogP contribution in [0.1, 0.15) is 5.56 Å². The molecule has 3 rings (SSSR count). The van der Waals surface area contributed by atoms with Gasteiger partial charge in [-0.15, -0.1) is 0 Å². The summed E-state index contributed by atoms with van der Waals surface area (Å²) < 4.78 is 6.97. The molecule has 2 heterocycles. The summed E-state index contributed by atoms with van der Waals surface area (Å²) in [5, 5.41) is 0.696. The molecule has 1 aromatic carbocycles. The highest BCUT2D eigenvalue weighted by Gasteiger charge is 2.14. The fourth-order valence-electron chi connectivity index (χ4n) is 2.01. The first-order chi connectivity index (χ1) is 9.69. The predicted molar refractivity (Wildman–Crippen MR) is 76.8 cm³/mol. The first-order valence-corrected chi connectivity index (χ1v) is 6.32. The minimum Gasteiger partial charge on any atom is -0.479 e. The highest BCUT2D eigenvalue weighted by atomic mass is 35.5. The van der Waals surface area contributed by atoms with E-state index in [-0.39, 0.29) is 0 Å². The Kier molecular flexibility index (Phi) is 3.15. The van der Waals surface area contributed by atoms with E-state index in [4.69, 9.17) is 22.1 Å². The smallest absolute Gasteiger partial charge is 0.245 e. The van der Waals surface area contributed by atoms with Crippen LogP contribution in [-0.2, 0) is 6.54 Å². The van der Waals surface area contributed by atoms with E-state index in [1.165, 1.54) is 13.4 Å². The van der Waals surface area contributed by atoms with Gasteiger partial charge in [0.15, 0.2) is 11.2 Å². The summed E-state index contributed by atoms with van der Waals surface area (Å²) in [4.78, 5) is 12.5. The molecule has 0 aliphatic heterocycles. The lowest BCUT2D eigenvalue weighted by Crippen LogP contribution is -2.05. The molecule has 3 aromatic rings. The summed E-state index contributed by atoms with van der Waals surface area (Å²) in [7, 11) is 1.54. The second-order valence-electron chi connectivity index (χ2n) is 4.24. The number of ether oxygens (including phenoxy) is 1. The van der Waals surface area contributed by atoms with Crippen molar-refractivity contribution >= 4 is 28.7 Å². The highest BCUT2D eigenvalue weighted by molar-refractivity contribution is 6.30. The van der Waals surface area contributed by atoms with Crippen LogP contribution in [0.4, 0.5) is 5.95 Å². The molecule has 102 valence electrons. The average molecular weight is 290 g/mol. The first kappa shape index (κ1) is 12.7. The maximum absolute atomic E-state index is 5.96. The van der Waals surface area contributed by atoms with Gasteiger partial charge in [0, 0.05) is 5.02 Å². The maximum Gasteiger partial charge on any atom is 0.245 e. The molecule has 0 aliphatic carbocycles. The standard InChI is InChI=1S/C13H12ClN5O/c1-20-12-10-11(16-7-17-12)19(13(15)18-10)6-8-2-4-9(14)5-3-8/h2-5,7H,6H2,1H3,(H2,15,18). The average Bonchev–Trinajstić information content (AvgIpc) is 2.77. The van der Waals surface area contributed by atoms with Crippen LogP contribution in [-0.4, -0.2) is 26.6 Å². The van der Waals surface area contributed by atoms with Crippen LogP contribution in [0.5, 0.6) is 5.88 Å². The van der Waals surface area contributed by atoms with Crippen LogP contribution in [0.2, 0.25) is 5.02 Å². The summed E-state index contributed by atoms with van der Waals surface area (Å²) in [6.07, 6.45) is 1.43. The minimum atomic E-state index is 0.369. The molecular weight excluding hydrogens is 278 g/mol. The number of nitrogens with two attached hydrogens (primary N) is 1. The van der Waals surface area contributed by atoms with E-state index in [1.54, 1.807) is 0 Å². The van der Waals surface area contributed by atoms with E-state index in [2.05, 4.69) is 15.0 Å². The molecule has 0 unspecified atom stereocenters. The Morgan fingerprint density at radius 3 is 2.70 bits per heavy atom. The van der Waals surface area contributed by atoms with Crippen LogP contribution in [0.25, 0.3) is 11.2 Å². The SMILES string of the molecule is COc1ncnc2c1nc(N)n2Cc1ccc(Cl)cc1. The molecule has 0 saturated heterocycles. The quantitative estimate of drug-likeness (QED) is 0.799. The Morgan fingerprint density at radius 1 is 1.25 bits per heavy atom. The van der Waals surface area contributed by atoms with E-state index in [9.17, 15) is 0 Å². The summed E-state index contributed by atoms with van der Waals surface area (Å²) in [6.45, 7) is 0.555. The van der Waals surface area contributed by atoms with E-state index in [0.29, 0.717) is 34.6 Å². The van der Waals surface area contributed by atoms with Crippen molar-refractivity contribution in [3.63, 3.8) is 0 Å². The topological polar surface area (TPSA) is 78.8 Å². The lowest BCUT2D eigenvalue weighted by Gasteiger charge is -2.06. The molecular formula is C13H12ClN5O. The van der Waals surface area contributed by atoms with Gasteiger partial charge < -0.3 is 10.5 Å². The number of nitrogen functional groups attached to an aromatic ring is 1. The zero-order valence-electron chi connectivity index (χ0n) is 10.7. The van der Waals surface area contributed by atoms with Gasteiger partial charge in [0.05, 0.1) is 13.7 Å². The fourth-order valence-corrected chi connectivity index (χ4v) is 2.14. The number of hydrogen-bond donors (Lipinski definition) is 1. The summed E-state index contributed by atoms with van der Waals surface area (Å²) in [6, 6.07) is 7.54. The largest absolute Gasteiger partial charge is 0.479 e. The van der Waals surface area contributed by atoms with Crippen LogP contribution in [0.3, 0.4) is 0 Å². The molecule has 0 atom stereocenters. The number of benzene rings is 1. The third-order valence-electron chi connectivity index (χ3n) is 2.98. The Bertz CT molecular complexity index is 753. The van der Waals surface area contributed by atoms with Gasteiger partial charge >= 0.3 is 0 Å². The molecule has 0 saturated carbocycles. The Morgan fingerprint density at radius 2 is 2.00 bits per heavy atom. The van der Waals surface area contributed by atoms with Crippen LogP contribution in [0, 0.1) is 0 Å². The molecule has 0 bridgehead atoms. The Balaban J connectivity index is 2.07. The molecule has 0 spiro atoms. The Labute approximate surface area is 120 Å². The van der Waals surface area contributed by atoms with Crippen molar-refractivity contribution in [1.82, 2.24) is 19.5 Å². The van der Waals surface area contributed by atoms with Crippen molar-refractivity contribution in [3.05, 3.63) is 41.2 Å². The van der Waals surface area contributed by atoms with Crippen molar-refractivity contribution in [2.75, 3.05) is 12.8 Å². The number of hydrogen-bond acceptors (Lipinski definition) is 5. The van der Waals surface area contributed by atoms with Crippen molar-refractivity contribution in [3.8, 4) is 5.88 Å². The fraction of sp³-hybridized carbons (Fsp3) is 0.154. The van der Waals surface area contributed by atoms with Gasteiger partial charge in [0.1, 0.15) is 6.33 Å². The number of fused-ring (bicyclic) bond motifs is 1. The first-order valence-electron chi connectivity index (χ1n) is 5.94. The zero-order valence-corrected chi connectivity index (χ0v) is 11.5. The number of anilines is 1. The van der Waals surface area contributed by atoms with Crippen LogP contribution in [0.15, 0.2) is 30.6 Å². The van der Waals surface area contributed by atoms with E-state index < -0.39 is 0 Å². The second-order valence-corrected chi connectivity index (χ2v) is 4.67. The van der Waals surface area contributed by atoms with Gasteiger partial charge in [-0.2, -0.15) is 4.98 Å². The molecule has 0 radical (unpaired) electrons. The van der Waals surface area contributed by atoms with E-state index >= 15 is 0 Å². The summed E-state index contributed by atoms with van der Waals surface area (Å²) >= 11 is 5.88. The lowest BCUT2D eigenvalue weighted by atomic mass is 10.2. The van der Waals surface area contributed by atoms with Gasteiger partial charge in [-0.25, -0.2) is 9.97 Å². The normalized spacial score (nSPS) is 10.9. The number of nitrogens with zero attached hydrogens (tertiary/aromatic N) is 4. The lowest BCUT2D eigenvalue weighted by molar-refractivity contribution is 0.401. The van der Waals surface area contributed by atoms with Crippen molar-refractivity contribution in [1.29, 1.82) is 0 Å². The molecule has 0 amide bonds. The summed E-state index contributed by atoms with van der Waals surface area (Å²) in [5.74, 6) is 0.783. The number of methoxy groups -OCH3 is 1. The van der Waals surface area contributed by atoms with E-state index in [0.717, 1.165) is 5.56 Å². The predicted octanol–water partition coefficient (Wildman–Crippen LogP) is 2.12. The molecule has 6 nitrogen and oxygen atoms in total. The zero-order chi connectivity index (χ0) is 14.1. The Hall–Kier alpha value is -2.34. The van der Waals surface area contributed by atoms with Gasteiger partial charge in [-0.3, -0.25) is 4.57 Å².